The van der Waals surface area contributed by atoms with Crippen LogP contribution in [-0.4, -0.2) is 31.2 Å². The van der Waals surface area contributed by atoms with Crippen LogP contribution in [0.4, 0.5) is 23.0 Å². The molecule has 0 aliphatic carbocycles. The monoisotopic (exact) mass is 373 g/mol. The zero-order valence-corrected chi connectivity index (χ0v) is 14.8. The topological polar surface area (TPSA) is 129 Å². The molecule has 3 N–H and O–H groups in total. The molecule has 4 rings (SSSR count). The van der Waals surface area contributed by atoms with Crippen molar-refractivity contribution in [2.24, 2.45) is 10.2 Å². The smallest absolute Gasteiger partial charge is 0.335 e. The van der Waals surface area contributed by atoms with Gasteiger partial charge in [-0.2, -0.15) is 10.1 Å². The molecule has 9 nitrogen and oxygen atoms in total. The number of pyridine rings is 1. The number of aryl methyl sites for hydroxylation is 1. The van der Waals surface area contributed by atoms with E-state index in [1.165, 1.54) is 6.33 Å². The van der Waals surface area contributed by atoms with Crippen molar-refractivity contribution in [3.05, 3.63) is 66.1 Å². The lowest BCUT2D eigenvalue weighted by molar-refractivity contribution is 0.0697. The maximum absolute atomic E-state index is 11.1. The van der Waals surface area contributed by atoms with E-state index in [2.05, 4.69) is 35.7 Å². The Morgan fingerprint density at radius 3 is 2.71 bits per heavy atom. The van der Waals surface area contributed by atoms with Crippen molar-refractivity contribution in [2.75, 3.05) is 5.32 Å². The number of carboxylic acid groups (broad SMARTS) is 1. The lowest BCUT2D eigenvalue weighted by atomic mass is 10.1. The van der Waals surface area contributed by atoms with Crippen LogP contribution in [0.1, 0.15) is 15.9 Å². The highest BCUT2D eigenvalue weighted by atomic mass is 16.4. The van der Waals surface area contributed by atoms with Crippen LogP contribution >= 0.6 is 0 Å². The molecule has 0 bridgehead atoms. The second kappa shape index (κ2) is 7.23. The molecule has 0 saturated carbocycles. The fraction of sp³-hybridized carbons (Fsp3) is 0.0526. The first-order valence-electron chi connectivity index (χ1n) is 8.37. The Kier molecular flexibility index (Phi) is 4.47. The largest absolute Gasteiger partial charge is 0.478 e. The second-order valence-corrected chi connectivity index (χ2v) is 6.00. The van der Waals surface area contributed by atoms with E-state index in [4.69, 9.17) is 5.11 Å². The number of H-pyrrole nitrogens is 1. The van der Waals surface area contributed by atoms with Crippen molar-refractivity contribution in [3.8, 4) is 0 Å². The lowest BCUT2D eigenvalue weighted by Crippen LogP contribution is -1.99. The van der Waals surface area contributed by atoms with Crippen molar-refractivity contribution in [3.63, 3.8) is 0 Å². The van der Waals surface area contributed by atoms with Gasteiger partial charge in [0.25, 0.3) is 5.95 Å². The molecule has 0 unspecified atom stereocenters. The summed E-state index contributed by atoms with van der Waals surface area (Å²) in [5.41, 5.74) is 3.98. The summed E-state index contributed by atoms with van der Waals surface area (Å²) in [5.74, 6) is -0.647. The van der Waals surface area contributed by atoms with Gasteiger partial charge in [0.1, 0.15) is 12.0 Å². The molecule has 0 aliphatic heterocycles. The highest BCUT2D eigenvalue weighted by molar-refractivity contribution is 5.99. The molecule has 28 heavy (non-hydrogen) atoms. The molecule has 9 heteroatoms. The number of nitrogens with zero attached hydrogens (tertiary/aromatic N) is 5. The Balaban J connectivity index is 1.71. The van der Waals surface area contributed by atoms with Crippen LogP contribution < -0.4 is 5.32 Å². The third-order valence-electron chi connectivity index (χ3n) is 4.15. The van der Waals surface area contributed by atoms with Crippen LogP contribution in [0.3, 0.4) is 0 Å². The van der Waals surface area contributed by atoms with Crippen LogP contribution in [-0.2, 0) is 0 Å². The molecule has 0 aliphatic rings. The number of hydrogen-bond acceptors (Lipinski definition) is 7. The van der Waals surface area contributed by atoms with Gasteiger partial charge in [-0.15, -0.1) is 10.2 Å². The third kappa shape index (κ3) is 3.40. The van der Waals surface area contributed by atoms with Gasteiger partial charge in [-0.1, -0.05) is 0 Å². The number of azo groups is 1. The number of benzene rings is 2. The van der Waals surface area contributed by atoms with Crippen molar-refractivity contribution in [1.29, 1.82) is 0 Å². The Hall–Kier alpha value is -4.14. The van der Waals surface area contributed by atoms with Gasteiger partial charge in [-0.05, 0) is 55.0 Å². The first-order valence-corrected chi connectivity index (χ1v) is 8.37. The number of carboxylic acids is 1. The maximum Gasteiger partial charge on any atom is 0.335 e. The minimum absolute atomic E-state index is 0.248. The summed E-state index contributed by atoms with van der Waals surface area (Å²) >= 11 is 0. The third-order valence-corrected chi connectivity index (χ3v) is 4.15. The Morgan fingerprint density at radius 2 is 1.96 bits per heavy atom. The molecule has 2 aromatic carbocycles. The van der Waals surface area contributed by atoms with E-state index in [9.17, 15) is 4.79 Å². The fourth-order valence-electron chi connectivity index (χ4n) is 2.78. The molecule has 0 amide bonds. The molecule has 2 heterocycles. The molecule has 0 atom stereocenters. The highest BCUT2D eigenvalue weighted by Crippen LogP contribution is 2.33. The molecule has 138 valence electrons. The summed E-state index contributed by atoms with van der Waals surface area (Å²) in [6, 6.07) is 12.4. The highest BCUT2D eigenvalue weighted by Gasteiger charge is 2.10. The van der Waals surface area contributed by atoms with Crippen molar-refractivity contribution >= 4 is 39.9 Å². The quantitative estimate of drug-likeness (QED) is 0.441. The zero-order chi connectivity index (χ0) is 19.5. The van der Waals surface area contributed by atoms with Gasteiger partial charge in [0.05, 0.1) is 11.1 Å². The Bertz CT molecular complexity index is 1190. The van der Waals surface area contributed by atoms with Gasteiger partial charge in [-0.25, -0.2) is 9.89 Å². The van der Waals surface area contributed by atoms with Crippen molar-refractivity contribution in [1.82, 2.24) is 20.2 Å². The second-order valence-electron chi connectivity index (χ2n) is 6.00. The lowest BCUT2D eigenvalue weighted by Gasteiger charge is -2.13. The van der Waals surface area contributed by atoms with Crippen molar-refractivity contribution < 1.29 is 9.90 Å². The SMILES string of the molecule is Cc1cc(C(=O)O)ccc1Nc1ccc(N=Nc2ncn[nH]2)c2ncccc12. The van der Waals surface area contributed by atoms with Gasteiger partial charge in [-0.3, -0.25) is 4.98 Å². The molecular formula is C19H15N7O2. The number of hydrogen-bond donors (Lipinski definition) is 3. The van der Waals surface area contributed by atoms with Gasteiger partial charge >= 0.3 is 5.97 Å². The van der Waals surface area contributed by atoms with E-state index in [-0.39, 0.29) is 5.56 Å². The van der Waals surface area contributed by atoms with Crippen LogP contribution in [0.5, 0.6) is 0 Å². The Labute approximate surface area is 159 Å². The fourth-order valence-corrected chi connectivity index (χ4v) is 2.78. The summed E-state index contributed by atoms with van der Waals surface area (Å²) in [4.78, 5) is 19.5. The number of rotatable bonds is 5. The number of aromatic amines is 1. The molecule has 2 aromatic heterocycles. The number of fused-ring (bicyclic) bond motifs is 1. The van der Waals surface area contributed by atoms with E-state index >= 15 is 0 Å². The predicted octanol–water partition coefficient (Wildman–Crippen LogP) is 4.52. The van der Waals surface area contributed by atoms with Crippen LogP contribution in [0.15, 0.2) is 65.2 Å². The number of aromatic carboxylic acids is 1. The van der Waals surface area contributed by atoms with E-state index in [1.54, 1.807) is 30.5 Å². The summed E-state index contributed by atoms with van der Waals surface area (Å²) < 4.78 is 0. The zero-order valence-electron chi connectivity index (χ0n) is 14.8. The van der Waals surface area contributed by atoms with Crippen LogP contribution in [0.2, 0.25) is 0 Å². The van der Waals surface area contributed by atoms with E-state index in [1.807, 2.05) is 25.1 Å². The van der Waals surface area contributed by atoms with E-state index in [0.717, 1.165) is 22.3 Å². The number of carbonyl (C=O) groups is 1. The minimum Gasteiger partial charge on any atom is -0.478 e. The molecule has 0 fully saturated rings. The predicted molar refractivity (Wildman–Crippen MR) is 104 cm³/mol. The molecule has 4 aromatic rings. The first kappa shape index (κ1) is 17.3. The van der Waals surface area contributed by atoms with Crippen molar-refractivity contribution in [2.45, 2.75) is 6.92 Å². The summed E-state index contributed by atoms with van der Waals surface area (Å²) in [6.07, 6.45) is 3.04. The molecule has 0 radical (unpaired) electrons. The van der Waals surface area contributed by atoms with Crippen LogP contribution in [0, 0.1) is 6.92 Å². The summed E-state index contributed by atoms with van der Waals surface area (Å²) in [7, 11) is 0. The van der Waals surface area contributed by atoms with E-state index < -0.39 is 5.97 Å². The Morgan fingerprint density at radius 1 is 1.11 bits per heavy atom. The van der Waals surface area contributed by atoms with Gasteiger partial charge in [0.2, 0.25) is 0 Å². The number of anilines is 2. The molecule has 0 spiro atoms. The van der Waals surface area contributed by atoms with Gasteiger partial charge in [0.15, 0.2) is 0 Å². The molecule has 0 saturated heterocycles. The van der Waals surface area contributed by atoms with Gasteiger partial charge in [0, 0.05) is 23.0 Å². The summed E-state index contributed by atoms with van der Waals surface area (Å²) in [6.45, 7) is 1.86. The average Bonchev–Trinajstić information content (AvgIpc) is 3.22. The number of aromatic nitrogens is 4. The van der Waals surface area contributed by atoms with Gasteiger partial charge < -0.3 is 10.4 Å². The van der Waals surface area contributed by atoms with Crippen LogP contribution in [0.25, 0.3) is 10.9 Å². The van der Waals surface area contributed by atoms with E-state index in [0.29, 0.717) is 17.2 Å². The molecular weight excluding hydrogens is 358 g/mol. The minimum atomic E-state index is -0.953. The summed E-state index contributed by atoms with van der Waals surface area (Å²) in [5, 5.41) is 27.9. The number of nitrogens with one attached hydrogen (secondary N) is 2. The first-order chi connectivity index (χ1) is 13.6. The normalized spacial score (nSPS) is 11.2. The maximum atomic E-state index is 11.1. The standard InChI is InChI=1S/C19H15N7O2/c1-11-9-12(18(27)28)4-5-14(11)23-15-6-7-16(17-13(15)3-2-8-20-17)24-26-19-21-10-22-25-19/h2-10,23H,1H3,(H,27,28)(H,21,22,25). The average molecular weight is 373 g/mol.